The zero-order valence-corrected chi connectivity index (χ0v) is 65.5. The van der Waals surface area contributed by atoms with E-state index >= 15 is 0 Å². The summed E-state index contributed by atoms with van der Waals surface area (Å²) in [7, 11) is 0. The van der Waals surface area contributed by atoms with Gasteiger partial charge in [-0.05, 0) is 186 Å². The highest BCUT2D eigenvalue weighted by Gasteiger charge is 2.39. The second-order valence-corrected chi connectivity index (χ2v) is 32.9. The van der Waals surface area contributed by atoms with Crippen molar-refractivity contribution in [2.75, 3.05) is 4.90 Å². The van der Waals surface area contributed by atoms with Gasteiger partial charge in [-0.3, -0.25) is 0 Å². The van der Waals surface area contributed by atoms with Crippen LogP contribution in [0.25, 0.3) is 193 Å². The van der Waals surface area contributed by atoms with Gasteiger partial charge in [0.1, 0.15) is 0 Å². The van der Waals surface area contributed by atoms with Crippen LogP contribution in [-0.2, 0) is 10.8 Å². The molecule has 0 saturated heterocycles. The Labute approximate surface area is 682 Å². The first-order valence-electron chi connectivity index (χ1n) is 40.9. The predicted octanol–water partition coefficient (Wildman–Crippen LogP) is 29.0. The first-order chi connectivity index (χ1) is 58.1. The SMILES string of the molecule is CC1(C)c2ccccc2-c2cc3c4c5ccccc5c(N(c5ccccc5)c5ccc(-c6ccccc6)cc5)cc4n(-c4ccc(-c5ccc6c(c5)c(-n5c7ccccc7c7ccccc75)cc5c6c6cc7c(cc6n5-c5ccc(-c6nc(-c8ccccc8)nc(-c8ccccc8)n6)c6ccccc56)C(C)(C)c5ccccc5-7)cc4)c3cc21. The number of nitrogens with zero attached hydrogens (tertiary/aromatic N) is 7. The maximum Gasteiger partial charge on any atom is 0.164 e. The summed E-state index contributed by atoms with van der Waals surface area (Å²) in [6.45, 7) is 9.58. The minimum absolute atomic E-state index is 0.232. The number of para-hydroxylation sites is 3. The summed E-state index contributed by atoms with van der Waals surface area (Å²) in [5.74, 6) is 1.86. The van der Waals surface area contributed by atoms with Crippen LogP contribution in [0.4, 0.5) is 17.1 Å². The molecule has 118 heavy (non-hydrogen) atoms. The number of aromatic nitrogens is 6. The lowest BCUT2D eigenvalue weighted by atomic mass is 9.82. The highest BCUT2D eigenvalue weighted by Crippen LogP contribution is 2.56. The van der Waals surface area contributed by atoms with Gasteiger partial charge < -0.3 is 18.6 Å². The molecule has 0 radical (unpaired) electrons. The molecule has 0 unspecified atom stereocenters. The van der Waals surface area contributed by atoms with Crippen LogP contribution in [0.5, 0.6) is 0 Å². The minimum Gasteiger partial charge on any atom is -0.310 e. The number of hydrogen-bond acceptors (Lipinski definition) is 4. The molecule has 0 atom stereocenters. The zero-order valence-electron chi connectivity index (χ0n) is 65.5. The molecule has 0 spiro atoms. The molecule has 0 saturated carbocycles. The predicted molar refractivity (Wildman–Crippen MR) is 492 cm³/mol. The van der Waals surface area contributed by atoms with Crippen molar-refractivity contribution in [1.29, 1.82) is 0 Å². The van der Waals surface area contributed by atoms with E-state index in [1.54, 1.807) is 0 Å². The lowest BCUT2D eigenvalue weighted by molar-refractivity contribution is 0.661. The van der Waals surface area contributed by atoms with Gasteiger partial charge in [-0.2, -0.15) is 0 Å². The van der Waals surface area contributed by atoms with Crippen LogP contribution in [-0.4, -0.2) is 28.7 Å². The zero-order chi connectivity index (χ0) is 78.2. The molecule has 4 aromatic heterocycles. The van der Waals surface area contributed by atoms with E-state index in [-0.39, 0.29) is 10.8 Å². The first kappa shape index (κ1) is 67.5. The molecule has 2 aliphatic rings. The van der Waals surface area contributed by atoms with E-state index in [9.17, 15) is 0 Å². The van der Waals surface area contributed by atoms with E-state index in [4.69, 9.17) is 15.0 Å². The van der Waals surface area contributed by atoms with Crippen molar-refractivity contribution in [3.63, 3.8) is 0 Å². The molecule has 0 aliphatic heterocycles. The van der Waals surface area contributed by atoms with Crippen molar-refractivity contribution >= 4 is 115 Å². The molecule has 0 fully saturated rings. The smallest absolute Gasteiger partial charge is 0.164 e. The van der Waals surface area contributed by atoms with Gasteiger partial charge in [0.25, 0.3) is 0 Å². The van der Waals surface area contributed by atoms with E-state index < -0.39 is 0 Å². The van der Waals surface area contributed by atoms with E-state index in [0.717, 1.165) is 106 Å². The summed E-state index contributed by atoms with van der Waals surface area (Å²) in [6, 6.07) is 141. The number of hydrogen-bond donors (Lipinski definition) is 0. The Balaban J connectivity index is 0.739. The fraction of sp³-hybridized carbons (Fsp3) is 0.0541. The van der Waals surface area contributed by atoms with Gasteiger partial charge in [-0.15, -0.1) is 0 Å². The summed E-state index contributed by atoms with van der Waals surface area (Å²) in [4.78, 5) is 18.3. The van der Waals surface area contributed by atoms with Gasteiger partial charge in [-0.25, -0.2) is 15.0 Å². The van der Waals surface area contributed by atoms with Crippen LogP contribution < -0.4 is 4.90 Å². The maximum atomic E-state index is 5.34. The molecule has 18 aromatic carbocycles. The molecule has 24 rings (SSSR count). The Bertz CT molecular complexity index is 7840. The van der Waals surface area contributed by atoms with Gasteiger partial charge in [0.15, 0.2) is 17.5 Å². The van der Waals surface area contributed by atoms with Crippen LogP contribution in [0.1, 0.15) is 49.9 Å². The fourth-order valence-electron chi connectivity index (χ4n) is 20.3. The Morgan fingerprint density at radius 1 is 0.220 bits per heavy atom. The van der Waals surface area contributed by atoms with E-state index in [2.05, 4.69) is 392 Å². The third-order valence-corrected chi connectivity index (χ3v) is 25.8. The van der Waals surface area contributed by atoms with Crippen molar-refractivity contribution in [3.8, 4) is 95.7 Å². The molecular weight excluding hydrogens is 1430 g/mol. The third-order valence-electron chi connectivity index (χ3n) is 25.8. The Hall–Kier alpha value is -15.1. The van der Waals surface area contributed by atoms with Crippen molar-refractivity contribution in [1.82, 2.24) is 28.7 Å². The van der Waals surface area contributed by atoms with E-state index in [0.29, 0.717) is 17.5 Å². The summed E-state index contributed by atoms with van der Waals surface area (Å²) >= 11 is 0. The van der Waals surface area contributed by atoms with Crippen LogP contribution >= 0.6 is 0 Å². The quantitative estimate of drug-likeness (QED) is 0.129. The number of rotatable bonds is 11. The van der Waals surface area contributed by atoms with Crippen molar-refractivity contribution in [3.05, 3.63) is 404 Å². The Morgan fingerprint density at radius 3 is 1.24 bits per heavy atom. The van der Waals surface area contributed by atoms with E-state index in [1.807, 2.05) is 36.4 Å². The van der Waals surface area contributed by atoms with Crippen LogP contribution in [0, 0.1) is 0 Å². The molecule has 0 bridgehead atoms. The molecule has 7 heteroatoms. The van der Waals surface area contributed by atoms with Gasteiger partial charge in [0, 0.05) is 93.1 Å². The van der Waals surface area contributed by atoms with Crippen molar-refractivity contribution in [2.24, 2.45) is 0 Å². The lowest BCUT2D eigenvalue weighted by Crippen LogP contribution is -2.15. The van der Waals surface area contributed by atoms with Crippen LogP contribution in [0.15, 0.2) is 382 Å². The van der Waals surface area contributed by atoms with Crippen molar-refractivity contribution < 1.29 is 0 Å². The highest BCUT2D eigenvalue weighted by atomic mass is 15.1. The van der Waals surface area contributed by atoms with Gasteiger partial charge >= 0.3 is 0 Å². The molecule has 7 nitrogen and oxygen atoms in total. The summed E-state index contributed by atoms with van der Waals surface area (Å²) in [5.41, 5.74) is 30.7. The molecule has 0 amide bonds. The summed E-state index contributed by atoms with van der Waals surface area (Å²) < 4.78 is 7.67. The minimum atomic E-state index is -0.276. The summed E-state index contributed by atoms with van der Waals surface area (Å²) in [5, 5.41) is 14.1. The summed E-state index contributed by atoms with van der Waals surface area (Å²) in [6.07, 6.45) is 0. The molecule has 22 aromatic rings. The van der Waals surface area contributed by atoms with Gasteiger partial charge in [-0.1, -0.05) is 307 Å². The Kier molecular flexibility index (Phi) is 14.7. The fourth-order valence-corrected chi connectivity index (χ4v) is 20.3. The molecule has 2 aliphatic carbocycles. The largest absolute Gasteiger partial charge is 0.310 e. The second kappa shape index (κ2) is 25.7. The normalized spacial score (nSPS) is 13.2. The standard InChI is InChI=1S/C111H75N7/c1-110(2)92-45-25-21-38-78(92)87-62-90-99(64-94(87)110)116(103-66-101(83-43-19-20-44-84(83)105(90)103)115(74-35-15-8-16-36-74)75-54-49-69(50-55-75)68-29-9-5-10-30-68)76-56-51-70(52-57-76)73-53-58-85-89(61-73)102(117-96-47-27-23-41-81(96)82-42-24-28-48-97(82)117)67-104-106(85)91-63-88-79-39-22-26-46-93(79)111(3,4)95(88)65-100(91)118(104)98-60-59-86(77-37-17-18-40-80(77)98)109-113-107(71-31-11-6-12-32-71)112-108(114-109)72-33-13-7-14-34-72/h5-67H,1-4H3. The average Bonchev–Trinajstić information content (AvgIpc) is 1.53. The third kappa shape index (κ3) is 10.0. The molecule has 0 N–H and O–H groups in total. The molecule has 554 valence electrons. The first-order valence-corrected chi connectivity index (χ1v) is 40.9. The Morgan fingerprint density at radius 2 is 0.644 bits per heavy atom. The highest BCUT2D eigenvalue weighted by molar-refractivity contribution is 6.28. The number of fused-ring (bicyclic) bond motifs is 20. The van der Waals surface area contributed by atoms with Crippen molar-refractivity contribution in [2.45, 2.75) is 38.5 Å². The average molecular weight is 1510 g/mol. The topological polar surface area (TPSA) is 56.7 Å². The van der Waals surface area contributed by atoms with Gasteiger partial charge in [0.2, 0.25) is 0 Å². The monoisotopic (exact) mass is 1510 g/mol. The second-order valence-electron chi connectivity index (χ2n) is 32.9. The van der Waals surface area contributed by atoms with E-state index in [1.165, 1.54) is 110 Å². The van der Waals surface area contributed by atoms with Crippen LogP contribution in [0.2, 0.25) is 0 Å². The number of anilines is 3. The molecular formula is C111H75N7. The van der Waals surface area contributed by atoms with Gasteiger partial charge in [0.05, 0.1) is 50.2 Å². The van der Waals surface area contributed by atoms with Crippen LogP contribution in [0.3, 0.4) is 0 Å². The molecule has 4 heterocycles. The lowest BCUT2D eigenvalue weighted by Gasteiger charge is -2.27. The maximum absolute atomic E-state index is 5.34. The number of benzene rings is 18.